The van der Waals surface area contributed by atoms with Crippen LogP contribution in [-0.4, -0.2) is 41.3 Å². The standard InChI is InChI=1S/C17H23BrN2O2/c1-16(2,3)20-11-17(6-8-19(9-7-17)15(21)22)13-10-12(18)4-5-14(13)20/h4-5,10H,6-9,11H2,1-3H3,(H,21,22). The molecule has 2 heterocycles. The van der Waals surface area contributed by atoms with E-state index in [9.17, 15) is 9.90 Å². The number of hydrogen-bond acceptors (Lipinski definition) is 2. The number of amides is 1. The van der Waals surface area contributed by atoms with Crippen LogP contribution in [0.5, 0.6) is 0 Å². The topological polar surface area (TPSA) is 43.8 Å². The van der Waals surface area contributed by atoms with Gasteiger partial charge in [-0.2, -0.15) is 0 Å². The lowest BCUT2D eigenvalue weighted by Crippen LogP contribution is -2.49. The van der Waals surface area contributed by atoms with Gasteiger partial charge in [0.1, 0.15) is 0 Å². The Kier molecular flexibility index (Phi) is 3.67. The molecule has 2 aliphatic rings. The van der Waals surface area contributed by atoms with Crippen molar-refractivity contribution in [3.8, 4) is 0 Å². The van der Waals surface area contributed by atoms with Gasteiger partial charge < -0.3 is 14.9 Å². The number of anilines is 1. The molecule has 0 atom stereocenters. The average Bonchev–Trinajstić information content (AvgIpc) is 2.74. The minimum Gasteiger partial charge on any atom is -0.465 e. The van der Waals surface area contributed by atoms with Crippen LogP contribution >= 0.6 is 15.9 Å². The Balaban J connectivity index is 1.98. The molecule has 0 radical (unpaired) electrons. The highest BCUT2D eigenvalue weighted by atomic mass is 79.9. The van der Waals surface area contributed by atoms with Crippen molar-refractivity contribution in [1.82, 2.24) is 4.90 Å². The summed E-state index contributed by atoms with van der Waals surface area (Å²) < 4.78 is 1.10. The molecule has 0 saturated carbocycles. The van der Waals surface area contributed by atoms with Crippen molar-refractivity contribution >= 4 is 27.7 Å². The molecule has 1 saturated heterocycles. The van der Waals surface area contributed by atoms with Crippen molar-refractivity contribution in [1.29, 1.82) is 0 Å². The summed E-state index contributed by atoms with van der Waals surface area (Å²) in [6, 6.07) is 6.53. The van der Waals surface area contributed by atoms with Gasteiger partial charge in [0.2, 0.25) is 0 Å². The number of likely N-dealkylation sites (tertiary alicyclic amines) is 1. The average molecular weight is 367 g/mol. The molecular formula is C17H23BrN2O2. The third-order valence-corrected chi connectivity index (χ3v) is 5.58. The molecule has 1 fully saturated rings. The van der Waals surface area contributed by atoms with E-state index in [4.69, 9.17) is 0 Å². The molecule has 0 aromatic heterocycles. The van der Waals surface area contributed by atoms with Gasteiger partial charge in [-0.3, -0.25) is 0 Å². The van der Waals surface area contributed by atoms with Gasteiger partial charge >= 0.3 is 6.09 Å². The summed E-state index contributed by atoms with van der Waals surface area (Å²) in [5.41, 5.74) is 2.83. The molecule has 0 unspecified atom stereocenters. The summed E-state index contributed by atoms with van der Waals surface area (Å²) in [5.74, 6) is 0. The number of fused-ring (bicyclic) bond motifs is 2. The fourth-order valence-corrected chi connectivity index (χ4v) is 4.15. The lowest BCUT2D eigenvalue weighted by molar-refractivity contribution is 0.118. The molecule has 1 aromatic rings. The highest BCUT2D eigenvalue weighted by molar-refractivity contribution is 9.10. The van der Waals surface area contributed by atoms with Crippen molar-refractivity contribution in [3.63, 3.8) is 0 Å². The highest BCUT2D eigenvalue weighted by Gasteiger charge is 2.47. The SMILES string of the molecule is CC(C)(C)N1CC2(CCN(C(=O)O)CC2)c2cc(Br)ccc21. The quantitative estimate of drug-likeness (QED) is 0.752. The lowest BCUT2D eigenvalue weighted by atomic mass is 9.74. The van der Waals surface area contributed by atoms with Crippen LogP contribution < -0.4 is 4.90 Å². The Morgan fingerprint density at radius 3 is 2.45 bits per heavy atom. The van der Waals surface area contributed by atoms with Crippen LogP contribution in [0.1, 0.15) is 39.2 Å². The lowest BCUT2D eigenvalue weighted by Gasteiger charge is -2.41. The predicted molar refractivity (Wildman–Crippen MR) is 91.8 cm³/mol. The maximum Gasteiger partial charge on any atom is 0.407 e. The van der Waals surface area contributed by atoms with E-state index in [0.717, 1.165) is 23.9 Å². The van der Waals surface area contributed by atoms with Gasteiger partial charge in [0.15, 0.2) is 0 Å². The Hall–Kier alpha value is -1.23. The van der Waals surface area contributed by atoms with E-state index in [1.807, 2.05) is 0 Å². The summed E-state index contributed by atoms with van der Waals surface area (Å²) in [4.78, 5) is 15.2. The summed E-state index contributed by atoms with van der Waals surface area (Å²) in [7, 11) is 0. The Morgan fingerprint density at radius 2 is 1.91 bits per heavy atom. The molecule has 4 nitrogen and oxygen atoms in total. The molecule has 3 rings (SSSR count). The zero-order valence-electron chi connectivity index (χ0n) is 13.4. The number of halogens is 1. The van der Waals surface area contributed by atoms with E-state index in [0.29, 0.717) is 13.1 Å². The van der Waals surface area contributed by atoms with E-state index >= 15 is 0 Å². The number of nitrogens with zero attached hydrogens (tertiary/aromatic N) is 2. The first-order chi connectivity index (χ1) is 10.2. The van der Waals surface area contributed by atoms with Crippen molar-refractivity contribution in [2.75, 3.05) is 24.5 Å². The van der Waals surface area contributed by atoms with Crippen molar-refractivity contribution in [2.24, 2.45) is 0 Å². The second-order valence-corrected chi connectivity index (χ2v) is 8.38. The Labute approximate surface area is 140 Å². The molecule has 0 bridgehead atoms. The van der Waals surface area contributed by atoms with Crippen LogP contribution in [-0.2, 0) is 5.41 Å². The summed E-state index contributed by atoms with van der Waals surface area (Å²) in [6.45, 7) is 8.95. The molecular weight excluding hydrogens is 344 g/mol. The van der Waals surface area contributed by atoms with Gasteiger partial charge in [0, 0.05) is 40.7 Å². The Bertz CT molecular complexity index is 601. The number of carbonyl (C=O) groups is 1. The van der Waals surface area contributed by atoms with E-state index < -0.39 is 6.09 Å². The molecule has 1 amide bonds. The number of rotatable bonds is 0. The largest absolute Gasteiger partial charge is 0.465 e. The fraction of sp³-hybridized carbons (Fsp3) is 0.588. The van der Waals surface area contributed by atoms with E-state index in [-0.39, 0.29) is 11.0 Å². The normalized spacial score (nSPS) is 20.4. The van der Waals surface area contributed by atoms with Gasteiger partial charge in [0.25, 0.3) is 0 Å². The first-order valence-electron chi connectivity index (χ1n) is 7.78. The first kappa shape index (κ1) is 15.7. The second kappa shape index (κ2) is 5.15. The van der Waals surface area contributed by atoms with Gasteiger partial charge in [0.05, 0.1) is 0 Å². The van der Waals surface area contributed by atoms with E-state index in [1.165, 1.54) is 11.3 Å². The molecule has 1 spiro atoms. The zero-order chi connectivity index (χ0) is 16.1. The molecule has 2 aliphatic heterocycles. The second-order valence-electron chi connectivity index (χ2n) is 7.47. The third-order valence-electron chi connectivity index (χ3n) is 5.08. The minimum atomic E-state index is -0.796. The molecule has 120 valence electrons. The van der Waals surface area contributed by atoms with Gasteiger partial charge in [-0.1, -0.05) is 15.9 Å². The van der Waals surface area contributed by atoms with Crippen LogP contribution in [0.3, 0.4) is 0 Å². The first-order valence-corrected chi connectivity index (χ1v) is 8.58. The Morgan fingerprint density at radius 1 is 1.27 bits per heavy atom. The van der Waals surface area contributed by atoms with Crippen LogP contribution in [0.4, 0.5) is 10.5 Å². The van der Waals surface area contributed by atoms with Gasteiger partial charge in [-0.15, -0.1) is 0 Å². The summed E-state index contributed by atoms with van der Waals surface area (Å²) in [5, 5.41) is 9.20. The number of carboxylic acid groups (broad SMARTS) is 1. The maximum atomic E-state index is 11.2. The van der Waals surface area contributed by atoms with E-state index in [1.54, 1.807) is 4.90 Å². The van der Waals surface area contributed by atoms with Gasteiger partial charge in [-0.25, -0.2) is 4.79 Å². The number of benzene rings is 1. The zero-order valence-corrected chi connectivity index (χ0v) is 15.0. The molecule has 0 aliphatic carbocycles. The predicted octanol–water partition coefficient (Wildman–Crippen LogP) is 4.08. The molecule has 5 heteroatoms. The molecule has 1 aromatic carbocycles. The number of hydrogen-bond donors (Lipinski definition) is 1. The van der Waals surface area contributed by atoms with E-state index in [2.05, 4.69) is 59.8 Å². The highest BCUT2D eigenvalue weighted by Crippen LogP contribution is 2.49. The number of piperidine rings is 1. The third kappa shape index (κ3) is 2.49. The monoisotopic (exact) mass is 366 g/mol. The van der Waals surface area contributed by atoms with Crippen LogP contribution in [0.25, 0.3) is 0 Å². The van der Waals surface area contributed by atoms with Crippen molar-refractivity contribution in [2.45, 2.75) is 44.6 Å². The van der Waals surface area contributed by atoms with Crippen molar-refractivity contribution in [3.05, 3.63) is 28.2 Å². The summed E-state index contributed by atoms with van der Waals surface area (Å²) >= 11 is 3.60. The van der Waals surface area contributed by atoms with Crippen LogP contribution in [0.15, 0.2) is 22.7 Å². The molecule has 1 N–H and O–H groups in total. The van der Waals surface area contributed by atoms with Crippen molar-refractivity contribution < 1.29 is 9.90 Å². The smallest absolute Gasteiger partial charge is 0.407 e. The van der Waals surface area contributed by atoms with Crippen LogP contribution in [0, 0.1) is 0 Å². The van der Waals surface area contributed by atoms with Gasteiger partial charge in [-0.05, 0) is 57.4 Å². The summed E-state index contributed by atoms with van der Waals surface area (Å²) in [6.07, 6.45) is 1.000. The minimum absolute atomic E-state index is 0.0655. The van der Waals surface area contributed by atoms with Crippen LogP contribution in [0.2, 0.25) is 0 Å². The fourth-order valence-electron chi connectivity index (χ4n) is 3.79. The maximum absolute atomic E-state index is 11.2. The molecule has 22 heavy (non-hydrogen) atoms.